The van der Waals surface area contributed by atoms with E-state index in [0.717, 1.165) is 36.5 Å². The molecule has 1 aromatic heterocycles. The minimum absolute atomic E-state index is 0.482. The molecule has 1 aliphatic heterocycles. The zero-order valence-corrected chi connectivity index (χ0v) is 17.9. The highest BCUT2D eigenvalue weighted by Crippen LogP contribution is 2.33. The molecule has 0 bridgehead atoms. The molecule has 0 radical (unpaired) electrons. The summed E-state index contributed by atoms with van der Waals surface area (Å²) >= 11 is 0. The monoisotopic (exact) mass is 451 g/mol. The maximum atomic E-state index is 10.6. The molecule has 7 nitrogen and oxygen atoms in total. The predicted molar refractivity (Wildman–Crippen MR) is 112 cm³/mol. The van der Waals surface area contributed by atoms with Gasteiger partial charge in [0, 0.05) is 36.8 Å². The van der Waals surface area contributed by atoms with Crippen molar-refractivity contribution >= 4 is 16.7 Å². The Balaban J connectivity index is 0.000000360. The molecule has 0 spiro atoms. The van der Waals surface area contributed by atoms with Crippen molar-refractivity contribution in [3.63, 3.8) is 0 Å². The number of benzene rings is 2. The summed E-state index contributed by atoms with van der Waals surface area (Å²) in [6, 6.07) is 10.7. The molecule has 172 valence electrons. The smallest absolute Gasteiger partial charge is 0.490 e. The molecule has 1 atom stereocenters. The fraction of sp³-hybridized carbons (Fsp3) is 0.364. The van der Waals surface area contributed by atoms with Gasteiger partial charge in [0.2, 0.25) is 0 Å². The van der Waals surface area contributed by atoms with Crippen LogP contribution in [-0.2, 0) is 17.9 Å². The molecule has 3 aromatic rings. The van der Waals surface area contributed by atoms with Crippen LogP contribution < -0.4 is 9.47 Å². The number of hydrogen-bond donors (Lipinski definition) is 2. The Morgan fingerprint density at radius 3 is 2.41 bits per heavy atom. The Bertz CT molecular complexity index is 1100. The van der Waals surface area contributed by atoms with Gasteiger partial charge in [-0.25, -0.2) is 4.79 Å². The van der Waals surface area contributed by atoms with E-state index in [1.54, 1.807) is 14.2 Å². The molecule has 10 heteroatoms. The molecule has 0 aliphatic carbocycles. The van der Waals surface area contributed by atoms with Crippen molar-refractivity contribution in [2.75, 3.05) is 20.8 Å². The second-order valence-corrected chi connectivity index (χ2v) is 7.57. The van der Waals surface area contributed by atoms with Gasteiger partial charge in [0.25, 0.3) is 0 Å². The molecule has 2 aromatic carbocycles. The molecule has 0 saturated carbocycles. The highest BCUT2D eigenvalue weighted by atomic mass is 19.4. The number of ether oxygens (including phenoxy) is 2. The topological polar surface area (TPSA) is 87.7 Å². The Hall–Kier alpha value is -3.27. The van der Waals surface area contributed by atoms with Crippen molar-refractivity contribution in [3.8, 4) is 11.5 Å². The van der Waals surface area contributed by atoms with E-state index in [2.05, 4.69) is 40.2 Å². The second-order valence-electron chi connectivity index (χ2n) is 7.57. The highest BCUT2D eigenvalue weighted by Gasteiger charge is 2.38. The summed E-state index contributed by atoms with van der Waals surface area (Å²) in [4.78, 5) is 11.4. The van der Waals surface area contributed by atoms with Gasteiger partial charge in [-0.2, -0.15) is 18.3 Å². The summed E-state index contributed by atoms with van der Waals surface area (Å²) in [6.07, 6.45) is -3.13. The summed E-state index contributed by atoms with van der Waals surface area (Å²) in [7, 11) is 3.34. The van der Waals surface area contributed by atoms with Gasteiger partial charge in [0.05, 0.1) is 20.4 Å². The molecule has 2 N–H and O–H groups in total. The molecular formula is C22H24F3N3O4. The van der Waals surface area contributed by atoms with E-state index < -0.39 is 12.1 Å². The van der Waals surface area contributed by atoms with E-state index in [1.165, 1.54) is 22.2 Å². The second kappa shape index (κ2) is 9.47. The van der Waals surface area contributed by atoms with E-state index in [-0.39, 0.29) is 0 Å². The third-order valence-corrected chi connectivity index (χ3v) is 5.23. The zero-order valence-electron chi connectivity index (χ0n) is 17.9. The molecule has 0 saturated heterocycles. The molecule has 0 fully saturated rings. The molecule has 0 amide bonds. The van der Waals surface area contributed by atoms with Crippen molar-refractivity contribution in [2.45, 2.75) is 32.1 Å². The molecule has 1 aliphatic rings. The molecule has 1 unspecified atom stereocenters. The Morgan fingerprint density at radius 2 is 1.81 bits per heavy atom. The number of aromatic nitrogens is 2. The standard InChI is InChI=1S/C20H23N3O2.C2HF3O2/c1-13-10-23(12-17-9-21-22-20(13)17)11-14-4-5-15-7-18(24-2)19(25-3)8-16(15)6-14;3-2(4,5)1(6)7/h4-9,13H,10-12H2,1-3H3,(H,21,22);(H,6,7). The minimum atomic E-state index is -5.08. The zero-order chi connectivity index (χ0) is 23.5. The van der Waals surface area contributed by atoms with Crippen LogP contribution in [-0.4, -0.2) is 53.1 Å². The van der Waals surface area contributed by atoms with Crippen LogP contribution in [0.1, 0.15) is 29.7 Å². The largest absolute Gasteiger partial charge is 0.493 e. The Labute approximate surface area is 182 Å². The lowest BCUT2D eigenvalue weighted by molar-refractivity contribution is -0.192. The molecule has 32 heavy (non-hydrogen) atoms. The van der Waals surface area contributed by atoms with Crippen molar-refractivity contribution in [2.24, 2.45) is 0 Å². The number of carboxylic acid groups (broad SMARTS) is 1. The van der Waals surface area contributed by atoms with E-state index in [9.17, 15) is 13.2 Å². The number of aromatic amines is 1. The van der Waals surface area contributed by atoms with Gasteiger partial charge in [-0.05, 0) is 34.5 Å². The van der Waals surface area contributed by atoms with Crippen molar-refractivity contribution in [1.29, 1.82) is 0 Å². The highest BCUT2D eigenvalue weighted by molar-refractivity contribution is 5.86. The number of rotatable bonds is 4. The maximum absolute atomic E-state index is 10.6. The van der Waals surface area contributed by atoms with E-state index in [1.807, 2.05) is 18.3 Å². The summed E-state index contributed by atoms with van der Waals surface area (Å²) < 4.78 is 42.6. The van der Waals surface area contributed by atoms with Crippen LogP contribution in [0.2, 0.25) is 0 Å². The van der Waals surface area contributed by atoms with Crippen LogP contribution in [0.4, 0.5) is 13.2 Å². The number of alkyl halides is 3. The Morgan fingerprint density at radius 1 is 1.19 bits per heavy atom. The first-order chi connectivity index (χ1) is 15.1. The van der Waals surface area contributed by atoms with Gasteiger partial charge in [0.15, 0.2) is 11.5 Å². The van der Waals surface area contributed by atoms with Gasteiger partial charge in [-0.15, -0.1) is 0 Å². The third kappa shape index (κ3) is 5.31. The predicted octanol–water partition coefficient (Wildman–Crippen LogP) is 4.33. The first-order valence-electron chi connectivity index (χ1n) is 9.81. The van der Waals surface area contributed by atoms with Gasteiger partial charge < -0.3 is 14.6 Å². The molecule has 4 rings (SSSR count). The average molecular weight is 451 g/mol. The fourth-order valence-electron chi connectivity index (χ4n) is 3.76. The Kier molecular flexibility index (Phi) is 6.93. The average Bonchev–Trinajstić information content (AvgIpc) is 3.21. The first kappa shape index (κ1) is 23.4. The van der Waals surface area contributed by atoms with Gasteiger partial charge in [-0.1, -0.05) is 19.1 Å². The van der Waals surface area contributed by atoms with Crippen LogP contribution in [0.3, 0.4) is 0 Å². The van der Waals surface area contributed by atoms with Crippen LogP contribution in [0.25, 0.3) is 10.8 Å². The number of fused-ring (bicyclic) bond motifs is 2. The summed E-state index contributed by atoms with van der Waals surface area (Å²) in [5, 5.41) is 16.8. The van der Waals surface area contributed by atoms with E-state index in [4.69, 9.17) is 19.4 Å². The summed E-state index contributed by atoms with van der Waals surface area (Å²) in [5.41, 5.74) is 3.90. The van der Waals surface area contributed by atoms with Crippen molar-refractivity contribution in [3.05, 3.63) is 53.3 Å². The molecule has 2 heterocycles. The third-order valence-electron chi connectivity index (χ3n) is 5.23. The van der Waals surface area contributed by atoms with E-state index in [0.29, 0.717) is 5.92 Å². The lowest BCUT2D eigenvalue weighted by Gasteiger charge is -2.30. The van der Waals surface area contributed by atoms with Crippen LogP contribution in [0, 0.1) is 0 Å². The van der Waals surface area contributed by atoms with Crippen molar-refractivity contribution in [1.82, 2.24) is 15.1 Å². The number of aliphatic carboxylic acids is 1. The normalized spacial score (nSPS) is 16.1. The molecular weight excluding hydrogens is 427 g/mol. The number of nitrogens with zero attached hydrogens (tertiary/aromatic N) is 2. The number of nitrogens with one attached hydrogen (secondary N) is 1. The van der Waals surface area contributed by atoms with Gasteiger partial charge in [0.1, 0.15) is 0 Å². The number of carbonyl (C=O) groups is 1. The lowest BCUT2D eigenvalue weighted by atomic mass is 9.97. The number of H-pyrrole nitrogens is 1. The van der Waals surface area contributed by atoms with Gasteiger partial charge in [-0.3, -0.25) is 10.00 Å². The SMILES string of the molecule is COc1cc2ccc(CN3Cc4cn[nH]c4C(C)C3)cc2cc1OC.O=C(O)C(F)(F)F. The number of halogens is 3. The summed E-state index contributed by atoms with van der Waals surface area (Å²) in [5.74, 6) is -0.745. The first-order valence-corrected chi connectivity index (χ1v) is 9.81. The van der Waals surface area contributed by atoms with Gasteiger partial charge >= 0.3 is 12.1 Å². The maximum Gasteiger partial charge on any atom is 0.490 e. The lowest BCUT2D eigenvalue weighted by Crippen LogP contribution is -2.31. The number of carboxylic acids is 1. The minimum Gasteiger partial charge on any atom is -0.493 e. The number of hydrogen-bond acceptors (Lipinski definition) is 5. The quantitative estimate of drug-likeness (QED) is 0.614. The van der Waals surface area contributed by atoms with Crippen molar-refractivity contribution < 1.29 is 32.5 Å². The number of methoxy groups -OCH3 is 2. The fourth-order valence-corrected chi connectivity index (χ4v) is 3.76. The van der Waals surface area contributed by atoms with E-state index >= 15 is 0 Å². The summed E-state index contributed by atoms with van der Waals surface area (Å²) in [6.45, 7) is 5.17. The van der Waals surface area contributed by atoms with Crippen LogP contribution >= 0.6 is 0 Å². The van der Waals surface area contributed by atoms with Crippen LogP contribution in [0.5, 0.6) is 11.5 Å². The van der Waals surface area contributed by atoms with Crippen LogP contribution in [0.15, 0.2) is 36.5 Å².